The number of rotatable bonds is 5. The van der Waals surface area contributed by atoms with Gasteiger partial charge in [0.15, 0.2) is 0 Å². The average Bonchev–Trinajstić information content (AvgIpc) is 2.48. The molecule has 1 unspecified atom stereocenters. The lowest BCUT2D eigenvalue weighted by Gasteiger charge is -2.55. The van der Waals surface area contributed by atoms with Crippen molar-refractivity contribution in [2.24, 2.45) is 29.1 Å². The van der Waals surface area contributed by atoms with Crippen molar-refractivity contribution >= 4 is 11.8 Å². The van der Waals surface area contributed by atoms with E-state index in [9.17, 15) is 9.59 Å². The van der Waals surface area contributed by atoms with Gasteiger partial charge < -0.3 is 10.6 Å². The molecule has 0 radical (unpaired) electrons. The molecule has 0 aromatic heterocycles. The molecule has 4 heteroatoms. The van der Waals surface area contributed by atoms with Crippen molar-refractivity contribution in [1.29, 1.82) is 0 Å². The van der Waals surface area contributed by atoms with E-state index in [4.69, 9.17) is 6.42 Å². The van der Waals surface area contributed by atoms with E-state index in [1.807, 2.05) is 13.8 Å². The predicted octanol–water partition coefficient (Wildman–Crippen LogP) is 2.09. The van der Waals surface area contributed by atoms with Crippen LogP contribution in [0.25, 0.3) is 0 Å². The van der Waals surface area contributed by atoms with E-state index in [0.29, 0.717) is 0 Å². The maximum absolute atomic E-state index is 13.1. The monoisotopic (exact) mass is 316 g/mol. The molecule has 4 aliphatic carbocycles. The van der Waals surface area contributed by atoms with Crippen LogP contribution < -0.4 is 10.6 Å². The zero-order valence-corrected chi connectivity index (χ0v) is 14.2. The molecule has 2 amide bonds. The highest BCUT2D eigenvalue weighted by molar-refractivity contribution is 5.90. The Balaban J connectivity index is 1.70. The molecule has 2 N–H and O–H groups in total. The molecule has 126 valence electrons. The molecular weight excluding hydrogens is 288 g/mol. The second-order valence-corrected chi connectivity index (χ2v) is 8.31. The number of hydrogen-bond acceptors (Lipinski definition) is 2. The maximum atomic E-state index is 13.1. The highest BCUT2D eigenvalue weighted by Gasteiger charge is 2.55. The Labute approximate surface area is 139 Å². The van der Waals surface area contributed by atoms with Crippen molar-refractivity contribution < 1.29 is 9.59 Å². The van der Waals surface area contributed by atoms with Gasteiger partial charge in [-0.2, -0.15) is 0 Å². The molecule has 0 aromatic carbocycles. The normalized spacial score (nSPS) is 35.7. The van der Waals surface area contributed by atoms with Crippen LogP contribution in [-0.2, 0) is 9.59 Å². The van der Waals surface area contributed by atoms with Crippen molar-refractivity contribution in [2.75, 3.05) is 6.54 Å². The third-order valence-electron chi connectivity index (χ3n) is 6.12. The van der Waals surface area contributed by atoms with Crippen LogP contribution in [0, 0.1) is 41.4 Å². The highest BCUT2D eigenvalue weighted by atomic mass is 16.2. The van der Waals surface area contributed by atoms with Crippen LogP contribution in [0.15, 0.2) is 0 Å². The van der Waals surface area contributed by atoms with E-state index in [0.717, 1.165) is 37.0 Å². The Morgan fingerprint density at radius 1 is 1.13 bits per heavy atom. The summed E-state index contributed by atoms with van der Waals surface area (Å²) in [5, 5.41) is 5.77. The van der Waals surface area contributed by atoms with Gasteiger partial charge in [-0.25, -0.2) is 0 Å². The average molecular weight is 316 g/mol. The third-order valence-corrected chi connectivity index (χ3v) is 6.12. The third kappa shape index (κ3) is 3.11. The maximum Gasteiger partial charge on any atom is 0.243 e. The van der Waals surface area contributed by atoms with E-state index < -0.39 is 6.04 Å². The number of terminal acetylenes is 1. The molecule has 4 aliphatic rings. The summed E-state index contributed by atoms with van der Waals surface area (Å²) in [5.41, 5.74) is -0.214. The van der Waals surface area contributed by atoms with Crippen LogP contribution in [0.2, 0.25) is 0 Å². The second-order valence-electron chi connectivity index (χ2n) is 8.31. The lowest BCUT2D eigenvalue weighted by molar-refractivity contribution is -0.149. The Bertz CT molecular complexity index is 497. The van der Waals surface area contributed by atoms with Crippen LogP contribution in [0.4, 0.5) is 0 Å². The topological polar surface area (TPSA) is 58.2 Å². The van der Waals surface area contributed by atoms with Gasteiger partial charge in [-0.15, -0.1) is 6.42 Å². The van der Waals surface area contributed by atoms with E-state index in [-0.39, 0.29) is 29.7 Å². The van der Waals surface area contributed by atoms with Gasteiger partial charge in [-0.05, 0) is 62.2 Å². The lowest BCUT2D eigenvalue weighted by atomic mass is 9.49. The number of carbonyl (C=O) groups is 2. The van der Waals surface area contributed by atoms with Gasteiger partial charge in [-0.1, -0.05) is 19.8 Å². The summed E-state index contributed by atoms with van der Waals surface area (Å²) >= 11 is 0. The lowest BCUT2D eigenvalue weighted by Crippen LogP contribution is -2.58. The quantitative estimate of drug-likeness (QED) is 0.763. The van der Waals surface area contributed by atoms with Crippen LogP contribution in [0.1, 0.15) is 52.4 Å². The Morgan fingerprint density at radius 3 is 2.09 bits per heavy atom. The fraction of sp³-hybridized carbons (Fsp3) is 0.789. The largest absolute Gasteiger partial charge is 0.344 e. The molecular formula is C19H28N2O2. The first kappa shape index (κ1) is 16.4. The molecule has 0 aliphatic heterocycles. The van der Waals surface area contributed by atoms with Gasteiger partial charge in [0.2, 0.25) is 11.8 Å². The molecule has 0 aromatic rings. The van der Waals surface area contributed by atoms with Gasteiger partial charge in [0.1, 0.15) is 6.04 Å². The summed E-state index contributed by atoms with van der Waals surface area (Å²) in [6.45, 7) is 4.12. The van der Waals surface area contributed by atoms with E-state index >= 15 is 0 Å². The molecule has 4 fully saturated rings. The number of hydrogen-bond donors (Lipinski definition) is 2. The summed E-state index contributed by atoms with van der Waals surface area (Å²) in [6.07, 6.45) is 12.2. The first-order valence-electron chi connectivity index (χ1n) is 8.95. The Morgan fingerprint density at radius 2 is 1.65 bits per heavy atom. The van der Waals surface area contributed by atoms with Crippen molar-refractivity contribution in [3.8, 4) is 12.3 Å². The molecule has 0 heterocycles. The molecule has 4 rings (SSSR count). The van der Waals surface area contributed by atoms with Gasteiger partial charge >= 0.3 is 0 Å². The van der Waals surface area contributed by atoms with E-state index in [1.165, 1.54) is 19.3 Å². The number of amides is 2. The molecule has 4 bridgehead atoms. The standard InChI is InChI=1S/C19H28N2O2/c1-4-5-20-17(22)16(12(2)3)21-18(23)19-9-13-6-14(10-19)8-15(7-13)11-19/h1,12-16H,5-11H2,2-3H3,(H,20,22)(H,21,23). The fourth-order valence-corrected chi connectivity index (χ4v) is 5.47. The zero-order chi connectivity index (χ0) is 16.6. The number of nitrogens with one attached hydrogen (secondary N) is 2. The summed E-state index contributed by atoms with van der Waals surface area (Å²) < 4.78 is 0. The van der Waals surface area contributed by atoms with Gasteiger partial charge in [0.05, 0.1) is 6.54 Å². The van der Waals surface area contributed by atoms with Gasteiger partial charge in [-0.3, -0.25) is 9.59 Å². The summed E-state index contributed by atoms with van der Waals surface area (Å²) in [5.74, 6) is 4.56. The molecule has 4 saturated carbocycles. The summed E-state index contributed by atoms with van der Waals surface area (Å²) in [7, 11) is 0. The molecule has 0 saturated heterocycles. The zero-order valence-electron chi connectivity index (χ0n) is 14.2. The minimum absolute atomic E-state index is 0.0469. The SMILES string of the molecule is C#CCNC(=O)C(NC(=O)C12CC3CC(CC(C3)C1)C2)C(C)C. The number of carbonyl (C=O) groups excluding carboxylic acids is 2. The summed E-state index contributed by atoms with van der Waals surface area (Å²) in [4.78, 5) is 25.3. The van der Waals surface area contributed by atoms with Crippen molar-refractivity contribution in [3.05, 3.63) is 0 Å². The summed E-state index contributed by atoms with van der Waals surface area (Å²) in [6, 6.07) is -0.496. The minimum Gasteiger partial charge on any atom is -0.344 e. The molecule has 23 heavy (non-hydrogen) atoms. The molecule has 0 spiro atoms. The minimum atomic E-state index is -0.496. The first-order chi connectivity index (χ1) is 10.9. The van der Waals surface area contributed by atoms with Crippen LogP contribution in [0.3, 0.4) is 0 Å². The van der Waals surface area contributed by atoms with Crippen LogP contribution in [0.5, 0.6) is 0 Å². The van der Waals surface area contributed by atoms with Crippen LogP contribution in [-0.4, -0.2) is 24.4 Å². The fourth-order valence-electron chi connectivity index (χ4n) is 5.47. The molecule has 1 atom stereocenters. The van der Waals surface area contributed by atoms with Crippen molar-refractivity contribution in [3.63, 3.8) is 0 Å². The van der Waals surface area contributed by atoms with Crippen molar-refractivity contribution in [2.45, 2.75) is 58.4 Å². The van der Waals surface area contributed by atoms with Gasteiger partial charge in [0, 0.05) is 5.41 Å². The van der Waals surface area contributed by atoms with Crippen LogP contribution >= 0.6 is 0 Å². The molecule has 4 nitrogen and oxygen atoms in total. The van der Waals surface area contributed by atoms with E-state index in [2.05, 4.69) is 16.6 Å². The van der Waals surface area contributed by atoms with Gasteiger partial charge in [0.25, 0.3) is 0 Å². The van der Waals surface area contributed by atoms with Crippen molar-refractivity contribution in [1.82, 2.24) is 10.6 Å². The van der Waals surface area contributed by atoms with E-state index in [1.54, 1.807) is 0 Å². The smallest absolute Gasteiger partial charge is 0.243 e. The highest BCUT2D eigenvalue weighted by Crippen LogP contribution is 2.60. The second kappa shape index (κ2) is 6.19. The Hall–Kier alpha value is -1.50. The Kier molecular flexibility index (Phi) is 4.40. The predicted molar refractivity (Wildman–Crippen MR) is 89.2 cm³/mol. The first-order valence-corrected chi connectivity index (χ1v) is 8.95.